The van der Waals surface area contributed by atoms with Gasteiger partial charge in [-0.25, -0.2) is 14.6 Å². The van der Waals surface area contributed by atoms with Crippen LogP contribution in [0.1, 0.15) is 10.4 Å². The van der Waals surface area contributed by atoms with Crippen molar-refractivity contribution in [2.75, 3.05) is 17.9 Å². The number of pyridine rings is 1. The number of urea groups is 1. The highest BCUT2D eigenvalue weighted by Crippen LogP contribution is 2.21. The van der Waals surface area contributed by atoms with E-state index in [1.165, 1.54) is 19.2 Å². The minimum atomic E-state index is -0.544. The predicted molar refractivity (Wildman–Crippen MR) is 82.8 cm³/mol. The summed E-state index contributed by atoms with van der Waals surface area (Å²) in [6.07, 6.45) is 1.59. The second-order valence-electron chi connectivity index (χ2n) is 4.11. The summed E-state index contributed by atoms with van der Waals surface area (Å²) in [7, 11) is 1.27. The van der Waals surface area contributed by atoms with Gasteiger partial charge in [0.1, 0.15) is 5.82 Å². The van der Waals surface area contributed by atoms with Crippen molar-refractivity contribution in [2.24, 2.45) is 0 Å². The van der Waals surface area contributed by atoms with Crippen molar-refractivity contribution in [1.82, 2.24) is 10.4 Å². The van der Waals surface area contributed by atoms with E-state index in [-0.39, 0.29) is 10.6 Å². The average Bonchev–Trinajstić information content (AvgIpc) is 2.53. The molecule has 22 heavy (non-hydrogen) atoms. The Kier molecular flexibility index (Phi) is 5.16. The first-order valence-electron chi connectivity index (χ1n) is 6.22. The smallest absolute Gasteiger partial charge is 0.339 e. The zero-order valence-electron chi connectivity index (χ0n) is 11.6. The Labute approximate surface area is 131 Å². The van der Waals surface area contributed by atoms with E-state index in [9.17, 15) is 9.59 Å². The van der Waals surface area contributed by atoms with Crippen molar-refractivity contribution in [1.29, 1.82) is 0 Å². The predicted octanol–water partition coefficient (Wildman–Crippen LogP) is 2.67. The maximum absolute atomic E-state index is 11.7. The van der Waals surface area contributed by atoms with Crippen molar-refractivity contribution in [3.8, 4) is 0 Å². The van der Waals surface area contributed by atoms with E-state index in [0.717, 1.165) is 0 Å². The van der Waals surface area contributed by atoms with E-state index in [1.807, 2.05) is 0 Å². The van der Waals surface area contributed by atoms with Crippen LogP contribution in [0.2, 0.25) is 5.02 Å². The van der Waals surface area contributed by atoms with Gasteiger partial charge in [-0.15, -0.1) is 0 Å². The zero-order chi connectivity index (χ0) is 15.9. The molecule has 0 saturated heterocycles. The fourth-order valence-electron chi connectivity index (χ4n) is 1.59. The normalized spacial score (nSPS) is 9.73. The lowest BCUT2D eigenvalue weighted by molar-refractivity contribution is 0.0601. The standard InChI is InChI=1S/C14H13ClN4O3/c1-22-13(20)10-6-5-9(8-11(10)15)17-14(21)19-18-12-4-2-3-7-16-12/h2-8H,1H3,(H,16,18)(H2,17,19,21). The lowest BCUT2D eigenvalue weighted by atomic mass is 10.2. The van der Waals surface area contributed by atoms with Gasteiger partial charge in [-0.1, -0.05) is 17.7 Å². The molecule has 1 aromatic heterocycles. The van der Waals surface area contributed by atoms with Gasteiger partial charge >= 0.3 is 12.0 Å². The lowest BCUT2D eigenvalue weighted by Gasteiger charge is -2.10. The van der Waals surface area contributed by atoms with Crippen molar-refractivity contribution in [3.63, 3.8) is 0 Å². The molecule has 2 aromatic rings. The maximum atomic E-state index is 11.7. The summed E-state index contributed by atoms with van der Waals surface area (Å²) in [6, 6.07) is 9.19. The van der Waals surface area contributed by atoms with Gasteiger partial charge in [0, 0.05) is 11.9 Å². The molecule has 0 unspecified atom stereocenters. The number of aromatic nitrogens is 1. The number of carbonyl (C=O) groups is 2. The fourth-order valence-corrected chi connectivity index (χ4v) is 1.85. The molecule has 1 aromatic carbocycles. The number of ether oxygens (including phenoxy) is 1. The molecule has 8 heteroatoms. The van der Waals surface area contributed by atoms with Crippen LogP contribution in [0.5, 0.6) is 0 Å². The zero-order valence-corrected chi connectivity index (χ0v) is 12.3. The van der Waals surface area contributed by atoms with Crippen LogP contribution in [0, 0.1) is 0 Å². The van der Waals surface area contributed by atoms with Gasteiger partial charge in [0.2, 0.25) is 0 Å². The second kappa shape index (κ2) is 7.28. The van der Waals surface area contributed by atoms with Crippen LogP contribution in [0.4, 0.5) is 16.3 Å². The summed E-state index contributed by atoms with van der Waals surface area (Å²) in [6.45, 7) is 0. The van der Waals surface area contributed by atoms with E-state index in [4.69, 9.17) is 11.6 Å². The minimum Gasteiger partial charge on any atom is -0.465 e. The molecule has 0 saturated carbocycles. The first kappa shape index (κ1) is 15.6. The number of nitrogens with zero attached hydrogens (tertiary/aromatic N) is 1. The maximum Gasteiger partial charge on any atom is 0.339 e. The summed E-state index contributed by atoms with van der Waals surface area (Å²) in [5.41, 5.74) is 5.71. The third-order valence-electron chi connectivity index (χ3n) is 2.60. The Morgan fingerprint density at radius 3 is 2.68 bits per heavy atom. The minimum absolute atomic E-state index is 0.183. The Balaban J connectivity index is 1.94. The number of benzene rings is 1. The number of carbonyl (C=O) groups excluding carboxylic acids is 2. The molecule has 0 spiro atoms. The Hall–Kier alpha value is -2.80. The Morgan fingerprint density at radius 2 is 2.05 bits per heavy atom. The monoisotopic (exact) mass is 320 g/mol. The molecule has 0 radical (unpaired) electrons. The second-order valence-corrected chi connectivity index (χ2v) is 4.51. The third-order valence-corrected chi connectivity index (χ3v) is 2.91. The van der Waals surface area contributed by atoms with Crippen LogP contribution in [0.15, 0.2) is 42.6 Å². The van der Waals surface area contributed by atoms with Gasteiger partial charge in [-0.05, 0) is 30.3 Å². The van der Waals surface area contributed by atoms with Gasteiger partial charge in [0.15, 0.2) is 0 Å². The number of methoxy groups -OCH3 is 1. The van der Waals surface area contributed by atoms with Crippen molar-refractivity contribution >= 4 is 35.1 Å². The molecule has 114 valence electrons. The highest BCUT2D eigenvalue weighted by atomic mass is 35.5. The topological polar surface area (TPSA) is 92.3 Å². The number of hydrogen-bond acceptors (Lipinski definition) is 5. The van der Waals surface area contributed by atoms with Gasteiger partial charge in [-0.3, -0.25) is 10.9 Å². The number of esters is 1. The van der Waals surface area contributed by atoms with Crippen molar-refractivity contribution in [3.05, 3.63) is 53.2 Å². The molecule has 1 heterocycles. The number of nitrogens with one attached hydrogen (secondary N) is 3. The van der Waals surface area contributed by atoms with E-state index < -0.39 is 12.0 Å². The van der Waals surface area contributed by atoms with Crippen LogP contribution in [-0.4, -0.2) is 24.1 Å². The summed E-state index contributed by atoms with van der Waals surface area (Å²) < 4.78 is 4.59. The fraction of sp³-hybridized carbons (Fsp3) is 0.0714. The van der Waals surface area contributed by atoms with Crippen molar-refractivity contribution in [2.45, 2.75) is 0 Å². The third kappa shape index (κ3) is 4.10. The largest absolute Gasteiger partial charge is 0.465 e. The number of rotatable bonds is 4. The quantitative estimate of drug-likeness (QED) is 0.595. The molecule has 0 fully saturated rings. The van der Waals surface area contributed by atoms with Crippen LogP contribution in [-0.2, 0) is 4.74 Å². The number of anilines is 2. The molecule has 0 aliphatic carbocycles. The number of amides is 2. The summed E-state index contributed by atoms with van der Waals surface area (Å²) in [5.74, 6) is -0.0467. The number of hydrogen-bond donors (Lipinski definition) is 3. The summed E-state index contributed by atoms with van der Waals surface area (Å²) in [5, 5.41) is 2.74. The molecule has 7 nitrogen and oxygen atoms in total. The lowest BCUT2D eigenvalue weighted by Crippen LogP contribution is -2.33. The van der Waals surface area contributed by atoms with Gasteiger partial charge in [0.05, 0.1) is 17.7 Å². The molecule has 2 rings (SSSR count). The Morgan fingerprint density at radius 1 is 1.23 bits per heavy atom. The molecule has 0 bridgehead atoms. The van der Waals surface area contributed by atoms with Gasteiger partial charge in [0.25, 0.3) is 0 Å². The van der Waals surface area contributed by atoms with E-state index in [2.05, 4.69) is 25.9 Å². The van der Waals surface area contributed by atoms with Crippen LogP contribution in [0.25, 0.3) is 0 Å². The summed E-state index contributed by atoms with van der Waals surface area (Å²) in [4.78, 5) is 27.1. The van der Waals surface area contributed by atoms with E-state index >= 15 is 0 Å². The molecule has 3 N–H and O–H groups in total. The first-order chi connectivity index (χ1) is 10.6. The molecular formula is C14H13ClN4O3. The summed E-state index contributed by atoms with van der Waals surface area (Å²) >= 11 is 5.96. The number of hydrazine groups is 1. The molecule has 2 amide bonds. The van der Waals surface area contributed by atoms with E-state index in [1.54, 1.807) is 30.5 Å². The van der Waals surface area contributed by atoms with E-state index in [0.29, 0.717) is 11.5 Å². The average molecular weight is 321 g/mol. The SMILES string of the molecule is COC(=O)c1ccc(NC(=O)NNc2ccccn2)cc1Cl. The number of halogens is 1. The molecule has 0 aliphatic rings. The molecule has 0 atom stereocenters. The van der Waals surface area contributed by atoms with Crippen LogP contribution >= 0.6 is 11.6 Å². The van der Waals surface area contributed by atoms with Crippen LogP contribution < -0.4 is 16.2 Å². The van der Waals surface area contributed by atoms with Crippen LogP contribution in [0.3, 0.4) is 0 Å². The highest BCUT2D eigenvalue weighted by Gasteiger charge is 2.11. The van der Waals surface area contributed by atoms with Crippen molar-refractivity contribution < 1.29 is 14.3 Å². The van der Waals surface area contributed by atoms with Gasteiger partial charge < -0.3 is 10.1 Å². The Bertz CT molecular complexity index is 679. The molecule has 0 aliphatic heterocycles. The highest BCUT2D eigenvalue weighted by molar-refractivity contribution is 6.33. The van der Waals surface area contributed by atoms with Gasteiger partial charge in [-0.2, -0.15) is 0 Å². The molecular weight excluding hydrogens is 308 g/mol. The first-order valence-corrected chi connectivity index (χ1v) is 6.60.